The Morgan fingerprint density at radius 1 is 1.07 bits per heavy atom. The Morgan fingerprint density at radius 2 is 1.71 bits per heavy atom. The van der Waals surface area contributed by atoms with Crippen molar-refractivity contribution in [2.24, 2.45) is 0 Å². The number of nitrogens with zero attached hydrogens (tertiary/aromatic N) is 3. The molecule has 1 saturated heterocycles. The summed E-state index contributed by atoms with van der Waals surface area (Å²) in [5, 5.41) is 0.238. The van der Waals surface area contributed by atoms with E-state index in [1.54, 1.807) is 7.05 Å². The van der Waals surface area contributed by atoms with E-state index in [1.807, 2.05) is 37.4 Å². The summed E-state index contributed by atoms with van der Waals surface area (Å²) in [6.45, 7) is 2.62. The van der Waals surface area contributed by atoms with Crippen molar-refractivity contribution in [1.29, 1.82) is 0 Å². The Hall–Kier alpha value is -1.93. The predicted molar refractivity (Wildman–Crippen MR) is 110 cm³/mol. The summed E-state index contributed by atoms with van der Waals surface area (Å²) >= 11 is 6.23. The van der Waals surface area contributed by atoms with Crippen molar-refractivity contribution in [2.75, 3.05) is 40.3 Å². The first-order chi connectivity index (χ1) is 13.3. The molecule has 0 atom stereocenters. The van der Waals surface area contributed by atoms with Crippen LogP contribution in [0, 0.1) is 0 Å². The van der Waals surface area contributed by atoms with E-state index in [4.69, 9.17) is 11.6 Å². The third-order valence-corrected chi connectivity index (χ3v) is 7.10. The monoisotopic (exact) mass is 421 g/mol. The molecular weight excluding hydrogens is 398 g/mol. The third-order valence-electron chi connectivity index (χ3n) is 4.88. The van der Waals surface area contributed by atoms with Crippen LogP contribution in [0.2, 0.25) is 5.02 Å². The summed E-state index contributed by atoms with van der Waals surface area (Å²) in [5.74, 6) is -0.315. The van der Waals surface area contributed by atoms with Gasteiger partial charge >= 0.3 is 0 Å². The highest BCUT2D eigenvalue weighted by atomic mass is 35.5. The van der Waals surface area contributed by atoms with Gasteiger partial charge < -0.3 is 9.80 Å². The predicted octanol–water partition coefficient (Wildman–Crippen LogP) is 2.55. The fourth-order valence-electron chi connectivity index (χ4n) is 3.14. The number of sulfonamides is 1. The van der Waals surface area contributed by atoms with Gasteiger partial charge in [-0.1, -0.05) is 41.9 Å². The number of piperazine rings is 1. The first kappa shape index (κ1) is 20.8. The molecule has 28 heavy (non-hydrogen) atoms. The van der Waals surface area contributed by atoms with Crippen molar-refractivity contribution in [3.05, 3.63) is 64.7 Å². The van der Waals surface area contributed by atoms with E-state index in [0.29, 0.717) is 32.7 Å². The SMILES string of the molecule is CN1CCN(S(=O)(=O)c2ccc(Cl)c(C(=O)N(C)Cc3ccccc3)c2)CC1. The van der Waals surface area contributed by atoms with Gasteiger partial charge in [0.2, 0.25) is 10.0 Å². The van der Waals surface area contributed by atoms with E-state index in [0.717, 1.165) is 5.56 Å². The quantitative estimate of drug-likeness (QED) is 0.744. The molecule has 0 spiro atoms. The Bertz CT molecular complexity index is 942. The molecule has 0 aromatic heterocycles. The topological polar surface area (TPSA) is 60.9 Å². The van der Waals surface area contributed by atoms with Crippen molar-refractivity contribution >= 4 is 27.5 Å². The lowest BCUT2D eigenvalue weighted by atomic mass is 10.1. The lowest BCUT2D eigenvalue weighted by Gasteiger charge is -2.31. The van der Waals surface area contributed by atoms with Gasteiger partial charge in [0.15, 0.2) is 0 Å². The molecule has 8 heteroatoms. The second-order valence-electron chi connectivity index (χ2n) is 7.00. The lowest BCUT2D eigenvalue weighted by Crippen LogP contribution is -2.47. The fraction of sp³-hybridized carbons (Fsp3) is 0.350. The van der Waals surface area contributed by atoms with Crippen LogP contribution in [-0.4, -0.2) is 68.7 Å². The maximum absolute atomic E-state index is 13.0. The van der Waals surface area contributed by atoms with Crippen LogP contribution < -0.4 is 0 Å². The maximum Gasteiger partial charge on any atom is 0.255 e. The average molecular weight is 422 g/mol. The minimum atomic E-state index is -3.67. The van der Waals surface area contributed by atoms with E-state index in [9.17, 15) is 13.2 Å². The van der Waals surface area contributed by atoms with E-state index in [-0.39, 0.29) is 21.4 Å². The molecule has 3 rings (SSSR count). The number of carbonyl (C=O) groups is 1. The third kappa shape index (κ3) is 4.55. The maximum atomic E-state index is 13.0. The normalized spacial score (nSPS) is 16.1. The van der Waals surface area contributed by atoms with Gasteiger partial charge in [0.05, 0.1) is 15.5 Å². The van der Waals surface area contributed by atoms with E-state index in [1.165, 1.54) is 27.4 Å². The van der Waals surface area contributed by atoms with Crippen LogP contribution in [0.15, 0.2) is 53.4 Å². The largest absolute Gasteiger partial charge is 0.337 e. The highest BCUT2D eigenvalue weighted by Gasteiger charge is 2.29. The van der Waals surface area contributed by atoms with Crippen molar-refractivity contribution < 1.29 is 13.2 Å². The molecule has 0 N–H and O–H groups in total. The molecule has 6 nitrogen and oxygen atoms in total. The van der Waals surface area contributed by atoms with Gasteiger partial charge in [-0.2, -0.15) is 4.31 Å². The smallest absolute Gasteiger partial charge is 0.255 e. The summed E-state index contributed by atoms with van der Waals surface area (Å²) < 4.78 is 27.4. The van der Waals surface area contributed by atoms with Gasteiger partial charge in [0.1, 0.15) is 0 Å². The highest BCUT2D eigenvalue weighted by Crippen LogP contribution is 2.25. The number of carbonyl (C=O) groups excluding carboxylic acids is 1. The zero-order valence-corrected chi connectivity index (χ0v) is 17.6. The summed E-state index contributed by atoms with van der Waals surface area (Å²) in [7, 11) is -0.0277. The molecule has 0 radical (unpaired) electrons. The van der Waals surface area contributed by atoms with Crippen LogP contribution in [0.25, 0.3) is 0 Å². The molecule has 1 aliphatic rings. The minimum absolute atomic E-state index is 0.0953. The van der Waals surface area contributed by atoms with Gasteiger partial charge in [-0.25, -0.2) is 8.42 Å². The van der Waals surface area contributed by atoms with Crippen LogP contribution in [0.5, 0.6) is 0 Å². The summed E-state index contributed by atoms with van der Waals surface area (Å²) in [6.07, 6.45) is 0. The van der Waals surface area contributed by atoms with E-state index < -0.39 is 10.0 Å². The molecule has 1 aliphatic heterocycles. The van der Waals surface area contributed by atoms with Gasteiger partial charge in [0.25, 0.3) is 5.91 Å². The van der Waals surface area contributed by atoms with Crippen LogP contribution in [-0.2, 0) is 16.6 Å². The Kier molecular flexibility index (Phi) is 6.40. The fourth-order valence-corrected chi connectivity index (χ4v) is 4.79. The van der Waals surface area contributed by atoms with Crippen LogP contribution in [0.3, 0.4) is 0 Å². The molecule has 0 bridgehead atoms. The Labute approximate surface area is 171 Å². The molecule has 0 unspecified atom stereocenters. The van der Waals surface area contributed by atoms with Gasteiger partial charge in [-0.05, 0) is 30.8 Å². The van der Waals surface area contributed by atoms with Crippen molar-refractivity contribution in [1.82, 2.24) is 14.1 Å². The van der Waals surface area contributed by atoms with Crippen LogP contribution in [0.1, 0.15) is 15.9 Å². The number of hydrogen-bond donors (Lipinski definition) is 0. The first-order valence-electron chi connectivity index (χ1n) is 9.06. The van der Waals surface area contributed by atoms with E-state index in [2.05, 4.69) is 4.90 Å². The number of likely N-dealkylation sites (N-methyl/N-ethyl adjacent to an activating group) is 1. The van der Waals surface area contributed by atoms with Crippen LogP contribution >= 0.6 is 11.6 Å². The van der Waals surface area contributed by atoms with Gasteiger partial charge in [0, 0.05) is 39.8 Å². The number of rotatable bonds is 5. The molecule has 1 amide bonds. The number of halogens is 1. The number of amides is 1. The molecule has 2 aromatic rings. The Balaban J connectivity index is 1.83. The molecule has 150 valence electrons. The molecule has 0 saturated carbocycles. The molecule has 1 heterocycles. The van der Waals surface area contributed by atoms with Gasteiger partial charge in [-0.3, -0.25) is 4.79 Å². The first-order valence-corrected chi connectivity index (χ1v) is 10.9. The van der Waals surface area contributed by atoms with E-state index >= 15 is 0 Å². The molecule has 0 aliphatic carbocycles. The Morgan fingerprint density at radius 3 is 2.36 bits per heavy atom. The van der Waals surface area contributed by atoms with Crippen molar-refractivity contribution in [3.63, 3.8) is 0 Å². The second kappa shape index (κ2) is 8.61. The summed E-state index contributed by atoms with van der Waals surface area (Å²) in [6, 6.07) is 13.9. The zero-order valence-electron chi connectivity index (χ0n) is 16.0. The zero-order chi connectivity index (χ0) is 20.3. The molecular formula is C20H24ClN3O3S. The van der Waals surface area contributed by atoms with Gasteiger partial charge in [-0.15, -0.1) is 0 Å². The second-order valence-corrected chi connectivity index (χ2v) is 9.34. The number of benzene rings is 2. The average Bonchev–Trinajstić information content (AvgIpc) is 2.68. The van der Waals surface area contributed by atoms with Crippen molar-refractivity contribution in [3.8, 4) is 0 Å². The molecule has 1 fully saturated rings. The minimum Gasteiger partial charge on any atom is -0.337 e. The van der Waals surface area contributed by atoms with Crippen molar-refractivity contribution in [2.45, 2.75) is 11.4 Å². The number of hydrogen-bond acceptors (Lipinski definition) is 4. The lowest BCUT2D eigenvalue weighted by molar-refractivity contribution is 0.0785. The highest BCUT2D eigenvalue weighted by molar-refractivity contribution is 7.89. The summed E-state index contributed by atoms with van der Waals surface area (Å²) in [4.78, 5) is 16.6. The summed E-state index contributed by atoms with van der Waals surface area (Å²) in [5.41, 5.74) is 1.17. The standard InChI is InChI=1S/C20H24ClN3O3S/c1-22-10-12-24(13-11-22)28(26,27)17-8-9-19(21)18(14-17)20(25)23(2)15-16-6-4-3-5-7-16/h3-9,14H,10-13,15H2,1-2H3. The molecule has 2 aromatic carbocycles. The van der Waals surface area contributed by atoms with Crippen LogP contribution in [0.4, 0.5) is 0 Å².